The Labute approximate surface area is 95.8 Å². The van der Waals surface area contributed by atoms with Gasteiger partial charge in [0.05, 0.1) is 5.92 Å². The van der Waals surface area contributed by atoms with Crippen LogP contribution in [0.2, 0.25) is 0 Å². The van der Waals surface area contributed by atoms with Gasteiger partial charge in [0.2, 0.25) is 0 Å². The van der Waals surface area contributed by atoms with Gasteiger partial charge in [0.15, 0.2) is 0 Å². The van der Waals surface area contributed by atoms with Crippen molar-refractivity contribution in [2.45, 2.75) is 26.7 Å². The summed E-state index contributed by atoms with van der Waals surface area (Å²) in [6.07, 6.45) is 1.59. The number of aliphatic carboxylic acids is 1. The lowest BCUT2D eigenvalue weighted by Gasteiger charge is -2.18. The fourth-order valence-electron chi connectivity index (χ4n) is 1.66. The standard InChI is InChI=1S/C11H20N2O3/c1-3-8(2)6-12-11(16)13-5-4-9(7-13)10(14)15/h8-9H,3-7H2,1-2H3,(H,12,16)(H,14,15). The van der Waals surface area contributed by atoms with Crippen molar-refractivity contribution in [3.8, 4) is 0 Å². The molecule has 1 rings (SSSR count). The zero-order chi connectivity index (χ0) is 12.1. The van der Waals surface area contributed by atoms with Gasteiger partial charge in [0.1, 0.15) is 0 Å². The van der Waals surface area contributed by atoms with Crippen molar-refractivity contribution in [3.05, 3.63) is 0 Å². The minimum Gasteiger partial charge on any atom is -0.481 e. The quantitative estimate of drug-likeness (QED) is 0.758. The molecule has 0 bridgehead atoms. The van der Waals surface area contributed by atoms with E-state index in [9.17, 15) is 9.59 Å². The molecule has 1 saturated heterocycles. The molecule has 1 fully saturated rings. The van der Waals surface area contributed by atoms with E-state index in [1.165, 1.54) is 0 Å². The third-order valence-electron chi connectivity index (χ3n) is 3.12. The Kier molecular flexibility index (Phi) is 4.58. The van der Waals surface area contributed by atoms with Crippen LogP contribution in [0.3, 0.4) is 0 Å². The number of urea groups is 1. The van der Waals surface area contributed by atoms with E-state index in [2.05, 4.69) is 19.2 Å². The molecule has 2 unspecified atom stereocenters. The Balaban J connectivity index is 2.31. The first kappa shape index (κ1) is 12.8. The fraction of sp³-hybridized carbons (Fsp3) is 0.818. The highest BCUT2D eigenvalue weighted by molar-refractivity contribution is 5.77. The topological polar surface area (TPSA) is 69.6 Å². The van der Waals surface area contributed by atoms with E-state index in [1.54, 1.807) is 4.90 Å². The van der Waals surface area contributed by atoms with Gasteiger partial charge in [-0.1, -0.05) is 20.3 Å². The summed E-state index contributed by atoms with van der Waals surface area (Å²) in [5, 5.41) is 11.6. The van der Waals surface area contributed by atoms with E-state index in [4.69, 9.17) is 5.11 Å². The number of nitrogens with zero attached hydrogens (tertiary/aromatic N) is 1. The molecule has 5 heteroatoms. The van der Waals surface area contributed by atoms with Crippen LogP contribution in [-0.2, 0) is 4.79 Å². The molecule has 2 N–H and O–H groups in total. The molecule has 0 aromatic carbocycles. The molecule has 0 aliphatic carbocycles. The molecule has 0 saturated carbocycles. The van der Waals surface area contributed by atoms with E-state index >= 15 is 0 Å². The van der Waals surface area contributed by atoms with Gasteiger partial charge in [-0.25, -0.2) is 4.79 Å². The van der Waals surface area contributed by atoms with Crippen LogP contribution in [0.15, 0.2) is 0 Å². The molecular weight excluding hydrogens is 208 g/mol. The lowest BCUT2D eigenvalue weighted by Crippen LogP contribution is -2.40. The molecule has 92 valence electrons. The van der Waals surface area contributed by atoms with Crippen LogP contribution < -0.4 is 5.32 Å². The summed E-state index contributed by atoms with van der Waals surface area (Å²) in [4.78, 5) is 24.0. The SMILES string of the molecule is CCC(C)CNC(=O)N1CCC(C(=O)O)C1. The van der Waals surface area contributed by atoms with Crippen molar-refractivity contribution in [2.75, 3.05) is 19.6 Å². The predicted molar refractivity (Wildman–Crippen MR) is 60.2 cm³/mol. The van der Waals surface area contributed by atoms with E-state index in [0.29, 0.717) is 32.0 Å². The van der Waals surface area contributed by atoms with Crippen molar-refractivity contribution in [2.24, 2.45) is 11.8 Å². The van der Waals surface area contributed by atoms with Gasteiger partial charge in [-0.15, -0.1) is 0 Å². The number of amides is 2. The Bertz CT molecular complexity index is 268. The average molecular weight is 228 g/mol. The molecule has 1 aliphatic heterocycles. The first-order valence-corrected chi connectivity index (χ1v) is 5.80. The number of carbonyl (C=O) groups excluding carboxylic acids is 1. The third-order valence-corrected chi connectivity index (χ3v) is 3.12. The lowest BCUT2D eigenvalue weighted by atomic mass is 10.1. The van der Waals surface area contributed by atoms with Gasteiger partial charge < -0.3 is 15.3 Å². The smallest absolute Gasteiger partial charge is 0.317 e. The second-order valence-electron chi connectivity index (χ2n) is 4.47. The second-order valence-corrected chi connectivity index (χ2v) is 4.47. The number of carboxylic acid groups (broad SMARTS) is 1. The van der Waals surface area contributed by atoms with Crippen molar-refractivity contribution in [1.82, 2.24) is 10.2 Å². The monoisotopic (exact) mass is 228 g/mol. The summed E-state index contributed by atoms with van der Waals surface area (Å²) in [5.74, 6) is -0.742. The van der Waals surface area contributed by atoms with Gasteiger partial charge in [-0.3, -0.25) is 4.79 Å². The highest BCUT2D eigenvalue weighted by atomic mass is 16.4. The van der Waals surface area contributed by atoms with Gasteiger partial charge in [0.25, 0.3) is 0 Å². The maximum atomic E-state index is 11.7. The number of rotatable bonds is 4. The minimum absolute atomic E-state index is 0.135. The summed E-state index contributed by atoms with van der Waals surface area (Å²) >= 11 is 0. The Morgan fingerprint density at radius 3 is 2.75 bits per heavy atom. The maximum absolute atomic E-state index is 11.7. The van der Waals surface area contributed by atoms with Crippen LogP contribution >= 0.6 is 0 Å². The number of hydrogen-bond acceptors (Lipinski definition) is 2. The molecule has 0 spiro atoms. The van der Waals surface area contributed by atoms with E-state index in [1.807, 2.05) is 0 Å². The van der Waals surface area contributed by atoms with Gasteiger partial charge in [0, 0.05) is 19.6 Å². The van der Waals surface area contributed by atoms with Crippen LogP contribution in [0.4, 0.5) is 4.79 Å². The molecule has 16 heavy (non-hydrogen) atoms. The number of carbonyl (C=O) groups is 2. The van der Waals surface area contributed by atoms with Crippen LogP contribution in [0.1, 0.15) is 26.7 Å². The predicted octanol–water partition coefficient (Wildman–Crippen LogP) is 1.15. The number of nitrogens with one attached hydrogen (secondary N) is 1. The molecule has 5 nitrogen and oxygen atoms in total. The summed E-state index contributed by atoms with van der Waals surface area (Å²) in [5.41, 5.74) is 0. The normalized spacial score (nSPS) is 21.9. The van der Waals surface area contributed by atoms with Gasteiger partial charge >= 0.3 is 12.0 Å². The van der Waals surface area contributed by atoms with E-state index in [-0.39, 0.29) is 6.03 Å². The Morgan fingerprint density at radius 2 is 2.25 bits per heavy atom. The first-order chi connectivity index (χ1) is 7.54. The van der Waals surface area contributed by atoms with Crippen LogP contribution in [0.25, 0.3) is 0 Å². The van der Waals surface area contributed by atoms with Crippen molar-refractivity contribution in [3.63, 3.8) is 0 Å². The third kappa shape index (κ3) is 3.40. The molecule has 0 radical (unpaired) electrons. The Morgan fingerprint density at radius 1 is 1.56 bits per heavy atom. The lowest BCUT2D eigenvalue weighted by molar-refractivity contribution is -0.141. The molecule has 1 aliphatic rings. The first-order valence-electron chi connectivity index (χ1n) is 5.80. The van der Waals surface area contributed by atoms with Crippen molar-refractivity contribution in [1.29, 1.82) is 0 Å². The number of likely N-dealkylation sites (tertiary alicyclic amines) is 1. The average Bonchev–Trinajstić information content (AvgIpc) is 2.74. The number of hydrogen-bond donors (Lipinski definition) is 2. The van der Waals surface area contributed by atoms with Crippen LogP contribution in [0, 0.1) is 11.8 Å². The zero-order valence-electron chi connectivity index (χ0n) is 9.90. The highest BCUT2D eigenvalue weighted by Gasteiger charge is 2.30. The minimum atomic E-state index is -0.808. The molecule has 0 aromatic rings. The summed E-state index contributed by atoms with van der Waals surface area (Å²) in [6, 6.07) is -0.135. The number of carboxylic acids is 1. The Hall–Kier alpha value is -1.26. The van der Waals surface area contributed by atoms with E-state index in [0.717, 1.165) is 6.42 Å². The molecule has 1 heterocycles. The zero-order valence-corrected chi connectivity index (χ0v) is 9.90. The van der Waals surface area contributed by atoms with Gasteiger partial charge in [-0.05, 0) is 12.3 Å². The van der Waals surface area contributed by atoms with Crippen LogP contribution in [-0.4, -0.2) is 41.6 Å². The summed E-state index contributed by atoms with van der Waals surface area (Å²) in [6.45, 7) is 5.69. The second kappa shape index (κ2) is 5.72. The largest absolute Gasteiger partial charge is 0.481 e. The van der Waals surface area contributed by atoms with E-state index < -0.39 is 11.9 Å². The van der Waals surface area contributed by atoms with Crippen molar-refractivity contribution < 1.29 is 14.7 Å². The molecule has 2 atom stereocenters. The molecule has 0 aromatic heterocycles. The fourth-order valence-corrected chi connectivity index (χ4v) is 1.66. The summed E-state index contributed by atoms with van der Waals surface area (Å²) < 4.78 is 0. The van der Waals surface area contributed by atoms with Gasteiger partial charge in [-0.2, -0.15) is 0 Å². The van der Waals surface area contributed by atoms with Crippen LogP contribution in [0.5, 0.6) is 0 Å². The summed E-state index contributed by atoms with van der Waals surface area (Å²) in [7, 11) is 0. The van der Waals surface area contributed by atoms with Crippen molar-refractivity contribution >= 4 is 12.0 Å². The molecule has 2 amide bonds. The highest BCUT2D eigenvalue weighted by Crippen LogP contribution is 2.16. The molecular formula is C11H20N2O3. The maximum Gasteiger partial charge on any atom is 0.317 e.